The molecule has 1 fully saturated rings. The number of rotatable bonds is 3. The molecule has 2 N–H and O–H groups in total. The third-order valence-electron chi connectivity index (χ3n) is 3.45. The summed E-state index contributed by atoms with van der Waals surface area (Å²) in [5.41, 5.74) is 5.37. The Balaban J connectivity index is 2.42. The minimum Gasteiger partial charge on any atom is -0.369 e. The lowest BCUT2D eigenvalue weighted by atomic mass is 9.72. The van der Waals surface area contributed by atoms with Gasteiger partial charge in [0.2, 0.25) is 5.91 Å². The Hall–Kier alpha value is -0.530. The van der Waals surface area contributed by atoms with E-state index in [2.05, 4.69) is 20.8 Å². The number of amides is 1. The summed E-state index contributed by atoms with van der Waals surface area (Å²) in [4.78, 5) is 11.1. The summed E-state index contributed by atoms with van der Waals surface area (Å²) in [7, 11) is 0. The van der Waals surface area contributed by atoms with Crippen LogP contribution in [0.15, 0.2) is 0 Å². The zero-order chi connectivity index (χ0) is 10.7. The van der Waals surface area contributed by atoms with Gasteiger partial charge in [-0.05, 0) is 43.4 Å². The summed E-state index contributed by atoms with van der Waals surface area (Å²) in [6.07, 6.45) is 4.69. The van der Waals surface area contributed by atoms with Crippen molar-refractivity contribution in [1.82, 2.24) is 0 Å². The Morgan fingerprint density at radius 3 is 2.50 bits per heavy atom. The van der Waals surface area contributed by atoms with E-state index in [0.29, 0.717) is 5.92 Å². The van der Waals surface area contributed by atoms with Crippen LogP contribution in [0, 0.1) is 23.7 Å². The molecule has 2 heteroatoms. The Labute approximate surface area is 87.2 Å². The van der Waals surface area contributed by atoms with Crippen molar-refractivity contribution in [2.24, 2.45) is 29.4 Å². The van der Waals surface area contributed by atoms with Crippen molar-refractivity contribution in [1.29, 1.82) is 0 Å². The summed E-state index contributed by atoms with van der Waals surface area (Å²) in [5.74, 6) is 2.13. The van der Waals surface area contributed by atoms with Gasteiger partial charge in [0.25, 0.3) is 0 Å². The lowest BCUT2D eigenvalue weighted by Crippen LogP contribution is -2.33. The van der Waals surface area contributed by atoms with E-state index >= 15 is 0 Å². The fourth-order valence-electron chi connectivity index (χ4n) is 2.81. The van der Waals surface area contributed by atoms with E-state index in [9.17, 15) is 4.79 Å². The normalized spacial score (nSPS) is 33.3. The molecule has 14 heavy (non-hydrogen) atoms. The van der Waals surface area contributed by atoms with E-state index in [4.69, 9.17) is 5.73 Å². The van der Waals surface area contributed by atoms with Crippen molar-refractivity contribution >= 4 is 5.91 Å². The number of nitrogens with two attached hydrogens (primary N) is 1. The zero-order valence-corrected chi connectivity index (χ0v) is 9.62. The number of carbonyl (C=O) groups is 1. The maximum Gasteiger partial charge on any atom is 0.220 e. The first-order chi connectivity index (χ1) is 6.50. The van der Waals surface area contributed by atoms with Crippen LogP contribution in [0.3, 0.4) is 0 Å². The molecule has 1 aliphatic rings. The fraction of sp³-hybridized carbons (Fsp3) is 0.917. The van der Waals surface area contributed by atoms with Gasteiger partial charge in [-0.3, -0.25) is 4.79 Å². The quantitative estimate of drug-likeness (QED) is 0.742. The Morgan fingerprint density at radius 1 is 1.43 bits per heavy atom. The minimum absolute atomic E-state index is 0.0968. The molecule has 0 bridgehead atoms. The molecule has 0 radical (unpaired) electrons. The molecule has 1 amide bonds. The van der Waals surface area contributed by atoms with E-state index in [-0.39, 0.29) is 11.8 Å². The minimum atomic E-state index is -0.0968. The van der Waals surface area contributed by atoms with Gasteiger partial charge in [-0.25, -0.2) is 0 Å². The summed E-state index contributed by atoms with van der Waals surface area (Å²) in [6.45, 7) is 6.71. The standard InChI is InChI=1S/C12H23NO/c1-8(2)6-10-4-5-11(12(13)14)9(3)7-10/h8-11H,4-7H2,1-3H3,(H2,13,14). The third-order valence-corrected chi connectivity index (χ3v) is 3.45. The van der Waals surface area contributed by atoms with Gasteiger partial charge in [0, 0.05) is 5.92 Å². The Kier molecular flexibility index (Phi) is 3.97. The number of primary amides is 1. The second kappa shape index (κ2) is 4.81. The Bertz CT molecular complexity index is 200. The molecule has 0 aromatic rings. The lowest BCUT2D eigenvalue weighted by molar-refractivity contribution is -0.124. The molecule has 82 valence electrons. The van der Waals surface area contributed by atoms with Crippen LogP contribution in [0.2, 0.25) is 0 Å². The van der Waals surface area contributed by atoms with Crippen LogP contribution in [-0.4, -0.2) is 5.91 Å². The predicted molar refractivity (Wildman–Crippen MR) is 58.6 cm³/mol. The smallest absolute Gasteiger partial charge is 0.220 e. The molecular weight excluding hydrogens is 174 g/mol. The van der Waals surface area contributed by atoms with Gasteiger partial charge in [0.05, 0.1) is 0 Å². The summed E-state index contributed by atoms with van der Waals surface area (Å²) in [5, 5.41) is 0. The third kappa shape index (κ3) is 3.00. The van der Waals surface area contributed by atoms with Gasteiger partial charge < -0.3 is 5.73 Å². The van der Waals surface area contributed by atoms with Crippen molar-refractivity contribution < 1.29 is 4.79 Å². The van der Waals surface area contributed by atoms with Crippen LogP contribution in [0.4, 0.5) is 0 Å². The molecule has 2 nitrogen and oxygen atoms in total. The molecule has 0 aromatic heterocycles. The topological polar surface area (TPSA) is 43.1 Å². The van der Waals surface area contributed by atoms with Crippen molar-refractivity contribution in [2.75, 3.05) is 0 Å². The van der Waals surface area contributed by atoms with Gasteiger partial charge in [-0.1, -0.05) is 20.8 Å². The highest BCUT2D eigenvalue weighted by molar-refractivity contribution is 5.77. The highest BCUT2D eigenvalue weighted by Crippen LogP contribution is 2.36. The van der Waals surface area contributed by atoms with Gasteiger partial charge in [-0.15, -0.1) is 0 Å². The monoisotopic (exact) mass is 197 g/mol. The van der Waals surface area contributed by atoms with Gasteiger partial charge >= 0.3 is 0 Å². The molecular formula is C12H23NO. The van der Waals surface area contributed by atoms with Gasteiger partial charge in [0.1, 0.15) is 0 Å². The first-order valence-electron chi connectivity index (χ1n) is 5.80. The van der Waals surface area contributed by atoms with Gasteiger partial charge in [0.15, 0.2) is 0 Å². The predicted octanol–water partition coefficient (Wildman–Crippen LogP) is 2.57. The van der Waals surface area contributed by atoms with Crippen molar-refractivity contribution in [3.05, 3.63) is 0 Å². The number of hydrogen-bond donors (Lipinski definition) is 1. The number of hydrogen-bond acceptors (Lipinski definition) is 1. The maximum absolute atomic E-state index is 11.1. The molecule has 0 saturated heterocycles. The molecule has 1 saturated carbocycles. The SMILES string of the molecule is CC(C)CC1CCC(C(N)=O)C(C)C1. The molecule has 0 aliphatic heterocycles. The molecule has 0 aromatic carbocycles. The van der Waals surface area contributed by atoms with E-state index in [1.807, 2.05) is 0 Å². The zero-order valence-electron chi connectivity index (χ0n) is 9.62. The number of carbonyl (C=O) groups excluding carboxylic acids is 1. The molecule has 3 atom stereocenters. The average molecular weight is 197 g/mol. The van der Waals surface area contributed by atoms with Crippen LogP contribution in [0.25, 0.3) is 0 Å². The van der Waals surface area contributed by atoms with E-state index < -0.39 is 0 Å². The maximum atomic E-state index is 11.1. The highest BCUT2D eigenvalue weighted by atomic mass is 16.1. The van der Waals surface area contributed by atoms with E-state index in [1.54, 1.807) is 0 Å². The van der Waals surface area contributed by atoms with Crippen LogP contribution in [0.5, 0.6) is 0 Å². The molecule has 3 unspecified atom stereocenters. The van der Waals surface area contributed by atoms with Crippen molar-refractivity contribution in [3.8, 4) is 0 Å². The fourth-order valence-corrected chi connectivity index (χ4v) is 2.81. The van der Waals surface area contributed by atoms with Crippen LogP contribution < -0.4 is 5.73 Å². The lowest BCUT2D eigenvalue weighted by Gasteiger charge is -2.33. The van der Waals surface area contributed by atoms with E-state index in [0.717, 1.165) is 18.3 Å². The molecule has 0 heterocycles. The summed E-state index contributed by atoms with van der Waals surface area (Å²) >= 11 is 0. The van der Waals surface area contributed by atoms with Crippen LogP contribution in [0.1, 0.15) is 46.5 Å². The van der Waals surface area contributed by atoms with Crippen LogP contribution >= 0.6 is 0 Å². The van der Waals surface area contributed by atoms with Gasteiger partial charge in [-0.2, -0.15) is 0 Å². The molecule has 0 spiro atoms. The largest absolute Gasteiger partial charge is 0.369 e. The first-order valence-corrected chi connectivity index (χ1v) is 5.80. The molecule has 1 aliphatic carbocycles. The van der Waals surface area contributed by atoms with Crippen molar-refractivity contribution in [2.45, 2.75) is 46.5 Å². The first kappa shape index (κ1) is 11.5. The van der Waals surface area contributed by atoms with E-state index in [1.165, 1.54) is 19.3 Å². The molecule has 1 rings (SSSR count). The van der Waals surface area contributed by atoms with Crippen LogP contribution in [-0.2, 0) is 4.79 Å². The average Bonchev–Trinajstić information content (AvgIpc) is 2.01. The second-order valence-electron chi connectivity index (χ2n) is 5.29. The highest BCUT2D eigenvalue weighted by Gasteiger charge is 2.30. The Morgan fingerprint density at radius 2 is 2.07 bits per heavy atom. The summed E-state index contributed by atoms with van der Waals surface area (Å²) in [6, 6.07) is 0. The van der Waals surface area contributed by atoms with Crippen molar-refractivity contribution in [3.63, 3.8) is 0 Å². The summed E-state index contributed by atoms with van der Waals surface area (Å²) < 4.78 is 0. The second-order valence-corrected chi connectivity index (χ2v) is 5.29.